The summed E-state index contributed by atoms with van der Waals surface area (Å²) in [5.74, 6) is -0.792. The zero-order valence-corrected chi connectivity index (χ0v) is 36.0. The second kappa shape index (κ2) is 19.7. The van der Waals surface area contributed by atoms with Crippen molar-refractivity contribution in [3.8, 4) is 17.2 Å². The van der Waals surface area contributed by atoms with Crippen LogP contribution in [0.1, 0.15) is 111 Å². The molecule has 2 aromatic rings. The number of ether oxygens (including phenoxy) is 4. The Morgan fingerprint density at radius 3 is 2.41 bits per heavy atom. The lowest BCUT2D eigenvalue weighted by molar-refractivity contribution is -0.384. The number of amides is 1. The molecule has 0 aromatic heterocycles. The highest BCUT2D eigenvalue weighted by atomic mass is 16.7. The van der Waals surface area contributed by atoms with Gasteiger partial charge in [0.25, 0.3) is 5.69 Å². The quantitative estimate of drug-likeness (QED) is 0.0604. The Hall–Kier alpha value is -4.46. The topological polar surface area (TPSA) is 162 Å². The largest absolute Gasteiger partial charge is 0.459 e. The lowest BCUT2D eigenvalue weighted by atomic mass is 9.55. The van der Waals surface area contributed by atoms with E-state index in [1.165, 1.54) is 12.1 Å². The van der Waals surface area contributed by atoms with Gasteiger partial charge in [-0.15, -0.1) is 6.58 Å². The standard InChI is InChI=1S/C46H65N3O10/c1-9-22-48(43(52)55-30-44(3,4)5)40-29-38(47-59-45(6,7)8)36-26-31(16-11-13-23-50)35(19-12-14-24-51)41-37-28-34(57-33-18-15-17-32(27-33)49(53)54)20-21-39(37)58-46(40,42(36)41)56-25-10-2/h10,15,17-18,20-21,26-28,31,35,40-42,50-51H,2,9,11-14,16,19,22-25,29-30H2,1,3-8H3/t31-,35+,40-,41+,42+,46+/m0/s1. The first-order valence-electron chi connectivity index (χ1n) is 21.2. The molecular weight excluding hydrogens is 755 g/mol. The Kier molecular flexibility index (Phi) is 15.3. The van der Waals surface area contributed by atoms with E-state index in [0.717, 1.165) is 36.8 Å². The lowest BCUT2D eigenvalue weighted by Gasteiger charge is -2.60. The first-order valence-corrected chi connectivity index (χ1v) is 21.2. The van der Waals surface area contributed by atoms with E-state index in [9.17, 15) is 25.1 Å². The third kappa shape index (κ3) is 11.0. The summed E-state index contributed by atoms with van der Waals surface area (Å²) in [6.45, 7) is 18.8. The number of nitrogens with zero attached hydrogens (tertiary/aromatic N) is 3. The zero-order valence-electron chi connectivity index (χ0n) is 36.0. The first kappa shape index (κ1) is 45.6. The number of carbonyl (C=O) groups excluding carboxylic acids is 1. The van der Waals surface area contributed by atoms with Gasteiger partial charge in [0.05, 0.1) is 35.8 Å². The second-order valence-corrected chi connectivity index (χ2v) is 18.1. The summed E-state index contributed by atoms with van der Waals surface area (Å²) in [5.41, 5.74) is 1.52. The van der Waals surface area contributed by atoms with E-state index in [-0.39, 0.29) is 61.7 Å². The van der Waals surface area contributed by atoms with Crippen molar-refractivity contribution in [2.24, 2.45) is 28.3 Å². The predicted molar refractivity (Wildman–Crippen MR) is 227 cm³/mol. The first-order chi connectivity index (χ1) is 28.1. The Bertz CT molecular complexity index is 1830. The van der Waals surface area contributed by atoms with Crippen molar-refractivity contribution in [1.82, 2.24) is 4.90 Å². The number of hydrogen-bond donors (Lipinski definition) is 2. The van der Waals surface area contributed by atoms with Crippen molar-refractivity contribution in [2.45, 2.75) is 123 Å². The van der Waals surface area contributed by atoms with Gasteiger partial charge in [0.1, 0.15) is 28.9 Å². The molecule has 59 heavy (non-hydrogen) atoms. The van der Waals surface area contributed by atoms with Crippen molar-refractivity contribution in [2.75, 3.05) is 33.0 Å². The number of non-ortho nitro benzene ring substituents is 1. The maximum absolute atomic E-state index is 14.4. The van der Waals surface area contributed by atoms with Gasteiger partial charge in [-0.2, -0.15) is 0 Å². The van der Waals surface area contributed by atoms with Crippen LogP contribution in [-0.4, -0.2) is 82.2 Å². The highest BCUT2D eigenvalue weighted by molar-refractivity contribution is 6.03. The van der Waals surface area contributed by atoms with Crippen molar-refractivity contribution in [3.05, 3.63) is 82.4 Å². The molecule has 2 aromatic carbocycles. The average molecular weight is 820 g/mol. The molecule has 324 valence electrons. The third-order valence-electron chi connectivity index (χ3n) is 11.0. The Balaban J connectivity index is 1.79. The van der Waals surface area contributed by atoms with Gasteiger partial charge < -0.3 is 34.0 Å². The fraction of sp³-hybridized carbons (Fsp3) is 0.609. The number of oxime groups is 1. The van der Waals surface area contributed by atoms with Gasteiger partial charge in [0.2, 0.25) is 5.79 Å². The number of nitro benzene ring substituents is 1. The molecule has 2 aliphatic carbocycles. The minimum Gasteiger partial charge on any atom is -0.459 e. The number of nitro groups is 1. The molecule has 5 rings (SSSR count). The van der Waals surface area contributed by atoms with Gasteiger partial charge in [-0.25, -0.2) is 4.79 Å². The van der Waals surface area contributed by atoms with Crippen LogP contribution in [-0.2, 0) is 14.3 Å². The summed E-state index contributed by atoms with van der Waals surface area (Å²) in [6.07, 6.45) is 8.84. The smallest absolute Gasteiger partial charge is 0.410 e. The van der Waals surface area contributed by atoms with Gasteiger partial charge in [0.15, 0.2) is 0 Å². The fourth-order valence-corrected chi connectivity index (χ4v) is 8.68. The molecule has 6 atom stereocenters. The van der Waals surface area contributed by atoms with Crippen LogP contribution in [0.15, 0.2) is 71.9 Å². The molecule has 1 heterocycles. The molecule has 1 saturated carbocycles. The summed E-state index contributed by atoms with van der Waals surface area (Å²) in [7, 11) is 0. The SMILES string of the molecule is C=CCO[C@@]12Oc3ccc(Oc4cccc([N+](=O)[O-])c4)cc3[C@H]3[C@H](CCCCO)[C@@H](CCCCO)C=C(C(=NOC(C)(C)C)C[C@@H]1N(CCC)C(=O)OCC(C)(C)C)[C@H]32. The highest BCUT2D eigenvalue weighted by Crippen LogP contribution is 2.62. The van der Waals surface area contributed by atoms with Crippen LogP contribution in [0.4, 0.5) is 10.5 Å². The summed E-state index contributed by atoms with van der Waals surface area (Å²) in [6, 6.07) is 11.0. The Morgan fingerprint density at radius 1 is 1.05 bits per heavy atom. The molecule has 0 unspecified atom stereocenters. The number of fused-ring (bicyclic) bond motifs is 2. The summed E-state index contributed by atoms with van der Waals surface area (Å²) >= 11 is 0. The predicted octanol–water partition coefficient (Wildman–Crippen LogP) is 9.71. The van der Waals surface area contributed by atoms with E-state index in [1.54, 1.807) is 29.2 Å². The number of hydrogen-bond acceptors (Lipinski definition) is 11. The number of carbonyl (C=O) groups is 1. The van der Waals surface area contributed by atoms with Gasteiger partial charge in [0, 0.05) is 43.7 Å². The number of aliphatic hydroxyl groups excluding tert-OH is 2. The number of allylic oxidation sites excluding steroid dienone is 1. The van der Waals surface area contributed by atoms with Crippen LogP contribution in [0.2, 0.25) is 0 Å². The van der Waals surface area contributed by atoms with Gasteiger partial charge in [-0.1, -0.05) is 63.9 Å². The molecule has 2 N–H and O–H groups in total. The average Bonchev–Trinajstić information content (AvgIpc) is 3.18. The van der Waals surface area contributed by atoms with Crippen molar-refractivity contribution in [1.29, 1.82) is 0 Å². The van der Waals surface area contributed by atoms with Crippen molar-refractivity contribution >= 4 is 17.5 Å². The molecular formula is C46H65N3O10. The van der Waals surface area contributed by atoms with E-state index in [0.29, 0.717) is 48.8 Å². The van der Waals surface area contributed by atoms with E-state index in [1.807, 2.05) is 60.6 Å². The molecule has 1 fully saturated rings. The van der Waals surface area contributed by atoms with Gasteiger partial charge in [-0.05, 0) is 100.0 Å². The monoisotopic (exact) mass is 819 g/mol. The molecule has 13 nitrogen and oxygen atoms in total. The van der Waals surface area contributed by atoms with Crippen LogP contribution in [0.3, 0.4) is 0 Å². The van der Waals surface area contributed by atoms with E-state index in [4.69, 9.17) is 28.9 Å². The summed E-state index contributed by atoms with van der Waals surface area (Å²) < 4.78 is 26.7. The number of rotatable bonds is 19. The van der Waals surface area contributed by atoms with E-state index >= 15 is 0 Å². The third-order valence-corrected chi connectivity index (χ3v) is 11.0. The van der Waals surface area contributed by atoms with Crippen LogP contribution in [0, 0.1) is 33.3 Å². The number of aliphatic hydroxyl groups is 2. The molecule has 0 radical (unpaired) electrons. The maximum Gasteiger partial charge on any atom is 0.410 e. The Morgan fingerprint density at radius 2 is 1.76 bits per heavy atom. The van der Waals surface area contributed by atoms with Crippen LogP contribution in [0.25, 0.3) is 0 Å². The molecule has 1 aliphatic heterocycles. The summed E-state index contributed by atoms with van der Waals surface area (Å²) in [4.78, 5) is 33.5. The highest BCUT2D eigenvalue weighted by Gasteiger charge is 2.65. The van der Waals surface area contributed by atoms with Crippen LogP contribution < -0.4 is 9.47 Å². The molecule has 3 aliphatic rings. The van der Waals surface area contributed by atoms with Gasteiger partial charge in [-0.3, -0.25) is 15.0 Å². The minimum atomic E-state index is -1.43. The zero-order chi connectivity index (χ0) is 43.0. The molecule has 13 heteroatoms. The van der Waals surface area contributed by atoms with Crippen molar-refractivity contribution in [3.63, 3.8) is 0 Å². The minimum absolute atomic E-state index is 0.00686. The van der Waals surface area contributed by atoms with Crippen LogP contribution in [0.5, 0.6) is 17.2 Å². The number of benzene rings is 2. The molecule has 0 bridgehead atoms. The van der Waals surface area contributed by atoms with Crippen LogP contribution >= 0.6 is 0 Å². The van der Waals surface area contributed by atoms with Gasteiger partial charge >= 0.3 is 6.09 Å². The van der Waals surface area contributed by atoms with E-state index < -0.39 is 34.4 Å². The van der Waals surface area contributed by atoms with Crippen molar-refractivity contribution < 1.29 is 43.7 Å². The summed E-state index contributed by atoms with van der Waals surface area (Å²) in [5, 5.41) is 36.3. The molecule has 0 spiro atoms. The fourth-order valence-electron chi connectivity index (χ4n) is 8.68. The lowest BCUT2D eigenvalue weighted by Crippen LogP contribution is -2.70. The van der Waals surface area contributed by atoms with E-state index in [2.05, 4.69) is 12.7 Å². The second-order valence-electron chi connectivity index (χ2n) is 18.1. The Labute approximate surface area is 349 Å². The molecule has 1 amide bonds. The normalized spacial score (nSPS) is 24.3. The number of unbranched alkanes of at least 4 members (excludes halogenated alkanes) is 2. The molecule has 0 saturated heterocycles. The maximum atomic E-state index is 14.4.